The lowest BCUT2D eigenvalue weighted by molar-refractivity contribution is 0.0773. The lowest BCUT2D eigenvalue weighted by Gasteiger charge is -2.23. The van der Waals surface area contributed by atoms with Crippen molar-refractivity contribution in [3.63, 3.8) is 0 Å². The Hall–Kier alpha value is -2.09. The van der Waals surface area contributed by atoms with Gasteiger partial charge >= 0.3 is 0 Å². The second kappa shape index (κ2) is 12.5. The van der Waals surface area contributed by atoms with E-state index in [4.69, 9.17) is 0 Å². The van der Waals surface area contributed by atoms with Crippen LogP contribution in [0, 0.1) is 6.92 Å². The Kier molecular flexibility index (Phi) is 10.7. The van der Waals surface area contributed by atoms with Gasteiger partial charge in [0.1, 0.15) is 0 Å². The fourth-order valence-corrected chi connectivity index (χ4v) is 3.14. The number of rotatable bonds is 7. The maximum absolute atomic E-state index is 12.4. The maximum atomic E-state index is 12.4. The third-order valence-corrected chi connectivity index (χ3v) is 4.94. The zero-order valence-electron chi connectivity index (χ0n) is 18.1. The predicted molar refractivity (Wildman–Crippen MR) is 132 cm³/mol. The average molecular weight is 508 g/mol. The van der Waals surface area contributed by atoms with Crippen LogP contribution in [0.5, 0.6) is 0 Å². The summed E-state index contributed by atoms with van der Waals surface area (Å²) in [6.45, 7) is 9.02. The average Bonchev–Trinajstić information content (AvgIpc) is 2.71. The minimum atomic E-state index is 0. The first-order valence-corrected chi connectivity index (χ1v) is 9.84. The van der Waals surface area contributed by atoms with Gasteiger partial charge < -0.3 is 15.1 Å². The van der Waals surface area contributed by atoms with Gasteiger partial charge in [0.2, 0.25) is 0 Å². The molecule has 29 heavy (non-hydrogen) atoms. The number of benzene rings is 2. The number of guanidine groups is 1. The Labute approximate surface area is 192 Å². The number of amides is 1. The van der Waals surface area contributed by atoms with E-state index >= 15 is 0 Å². The van der Waals surface area contributed by atoms with Crippen molar-refractivity contribution in [1.82, 2.24) is 15.1 Å². The molecule has 0 saturated carbocycles. The Morgan fingerprint density at radius 1 is 1.03 bits per heavy atom. The smallest absolute Gasteiger partial charge is 0.253 e. The number of nitrogens with one attached hydrogen (secondary N) is 1. The van der Waals surface area contributed by atoms with Crippen LogP contribution in [0.2, 0.25) is 0 Å². The van der Waals surface area contributed by atoms with Crippen molar-refractivity contribution in [1.29, 1.82) is 0 Å². The summed E-state index contributed by atoms with van der Waals surface area (Å²) in [6, 6.07) is 16.2. The number of hydrogen-bond donors (Lipinski definition) is 1. The lowest BCUT2D eigenvalue weighted by Crippen LogP contribution is -2.38. The number of halogens is 1. The number of carbonyl (C=O) groups is 1. The highest BCUT2D eigenvalue weighted by Crippen LogP contribution is 2.11. The quantitative estimate of drug-likeness (QED) is 0.345. The van der Waals surface area contributed by atoms with Gasteiger partial charge in [-0.05, 0) is 49.6 Å². The maximum Gasteiger partial charge on any atom is 0.253 e. The van der Waals surface area contributed by atoms with E-state index in [1.54, 1.807) is 7.05 Å². The molecule has 0 heterocycles. The Balaban J connectivity index is 0.00000420. The number of hydrogen-bond acceptors (Lipinski definition) is 2. The fraction of sp³-hybridized carbons (Fsp3) is 0.391. The van der Waals surface area contributed by atoms with Crippen LogP contribution in [-0.4, -0.2) is 48.9 Å². The van der Waals surface area contributed by atoms with Gasteiger partial charge in [-0.15, -0.1) is 24.0 Å². The highest BCUT2D eigenvalue weighted by molar-refractivity contribution is 14.0. The van der Waals surface area contributed by atoms with E-state index in [1.807, 2.05) is 50.1 Å². The van der Waals surface area contributed by atoms with E-state index in [-0.39, 0.29) is 29.9 Å². The first-order valence-electron chi connectivity index (χ1n) is 9.84. The fourth-order valence-electron chi connectivity index (χ4n) is 3.14. The molecule has 0 spiro atoms. The van der Waals surface area contributed by atoms with Crippen LogP contribution in [0.25, 0.3) is 0 Å². The van der Waals surface area contributed by atoms with Gasteiger partial charge in [0.05, 0.1) is 0 Å². The molecule has 0 aliphatic rings. The van der Waals surface area contributed by atoms with E-state index in [9.17, 15) is 4.79 Å². The SMILES string of the molecule is CCN(CC)C(=O)c1ccc(CNC(=NC)N(C)Cc2ccccc2C)cc1.I. The molecule has 6 heteroatoms. The molecule has 0 radical (unpaired) electrons. The molecule has 0 aliphatic carbocycles. The molecule has 1 N–H and O–H groups in total. The minimum Gasteiger partial charge on any atom is -0.352 e. The Morgan fingerprint density at radius 3 is 2.21 bits per heavy atom. The molecule has 0 fully saturated rings. The van der Waals surface area contributed by atoms with Gasteiger partial charge in [-0.25, -0.2) is 0 Å². The number of aliphatic imine (C=N–C) groups is 1. The van der Waals surface area contributed by atoms with Crippen molar-refractivity contribution in [2.75, 3.05) is 27.2 Å². The molecule has 2 aromatic rings. The molecule has 2 aromatic carbocycles. The predicted octanol–water partition coefficient (Wildman–Crippen LogP) is 4.30. The zero-order valence-corrected chi connectivity index (χ0v) is 20.4. The highest BCUT2D eigenvalue weighted by Gasteiger charge is 2.12. The van der Waals surface area contributed by atoms with E-state index < -0.39 is 0 Å². The number of aryl methyl sites for hydroxylation is 1. The molecule has 0 atom stereocenters. The van der Waals surface area contributed by atoms with Crippen molar-refractivity contribution in [3.8, 4) is 0 Å². The van der Waals surface area contributed by atoms with Crippen molar-refractivity contribution in [3.05, 3.63) is 70.8 Å². The van der Waals surface area contributed by atoms with Gasteiger partial charge in [-0.3, -0.25) is 9.79 Å². The summed E-state index contributed by atoms with van der Waals surface area (Å²) in [7, 11) is 3.83. The first-order chi connectivity index (χ1) is 13.5. The van der Waals surface area contributed by atoms with Gasteiger partial charge in [-0.2, -0.15) is 0 Å². The van der Waals surface area contributed by atoms with Crippen molar-refractivity contribution in [2.45, 2.75) is 33.9 Å². The van der Waals surface area contributed by atoms with E-state index in [0.29, 0.717) is 6.54 Å². The summed E-state index contributed by atoms with van der Waals surface area (Å²) in [5.41, 5.74) is 4.40. The van der Waals surface area contributed by atoms with Gasteiger partial charge in [0.15, 0.2) is 5.96 Å². The van der Waals surface area contributed by atoms with Crippen LogP contribution >= 0.6 is 24.0 Å². The van der Waals surface area contributed by atoms with Crippen LogP contribution in [0.1, 0.15) is 40.9 Å². The third-order valence-electron chi connectivity index (χ3n) is 4.94. The summed E-state index contributed by atoms with van der Waals surface area (Å²) in [5, 5.41) is 3.40. The van der Waals surface area contributed by atoms with Crippen LogP contribution in [-0.2, 0) is 13.1 Å². The first kappa shape index (κ1) is 24.9. The molecular weight excluding hydrogens is 475 g/mol. The van der Waals surface area contributed by atoms with E-state index in [2.05, 4.69) is 46.4 Å². The molecule has 0 bridgehead atoms. The van der Waals surface area contributed by atoms with Crippen LogP contribution in [0.15, 0.2) is 53.5 Å². The van der Waals surface area contributed by atoms with Gasteiger partial charge in [0.25, 0.3) is 5.91 Å². The summed E-state index contributed by atoms with van der Waals surface area (Å²) in [5.74, 6) is 0.921. The minimum absolute atomic E-state index is 0. The Morgan fingerprint density at radius 2 is 1.66 bits per heavy atom. The third kappa shape index (κ3) is 7.03. The molecule has 2 rings (SSSR count). The van der Waals surface area contributed by atoms with Crippen LogP contribution < -0.4 is 5.32 Å². The summed E-state index contributed by atoms with van der Waals surface area (Å²) in [4.78, 5) is 20.7. The van der Waals surface area contributed by atoms with Crippen LogP contribution in [0.4, 0.5) is 0 Å². The Bertz CT molecular complexity index is 801. The monoisotopic (exact) mass is 508 g/mol. The van der Waals surface area contributed by atoms with E-state index in [1.165, 1.54) is 11.1 Å². The van der Waals surface area contributed by atoms with Crippen molar-refractivity contribution in [2.24, 2.45) is 4.99 Å². The summed E-state index contributed by atoms with van der Waals surface area (Å²) < 4.78 is 0. The second-order valence-electron chi connectivity index (χ2n) is 6.86. The normalized spacial score (nSPS) is 10.9. The lowest BCUT2D eigenvalue weighted by atomic mass is 10.1. The standard InChI is InChI=1S/C23H32N4O.HI/c1-6-27(7-2)22(28)20-14-12-19(13-15-20)16-25-23(24-4)26(5)17-21-11-9-8-10-18(21)3;/h8-15H,6-7,16-17H2,1-5H3,(H,24,25);1H. The summed E-state index contributed by atoms with van der Waals surface area (Å²) in [6.07, 6.45) is 0. The van der Waals surface area contributed by atoms with Crippen molar-refractivity contribution >= 4 is 35.8 Å². The van der Waals surface area contributed by atoms with E-state index in [0.717, 1.165) is 36.7 Å². The topological polar surface area (TPSA) is 47.9 Å². The molecule has 0 saturated heterocycles. The van der Waals surface area contributed by atoms with Crippen LogP contribution in [0.3, 0.4) is 0 Å². The molecule has 0 unspecified atom stereocenters. The largest absolute Gasteiger partial charge is 0.352 e. The van der Waals surface area contributed by atoms with Gasteiger partial charge in [-0.1, -0.05) is 36.4 Å². The molecule has 5 nitrogen and oxygen atoms in total. The highest BCUT2D eigenvalue weighted by atomic mass is 127. The summed E-state index contributed by atoms with van der Waals surface area (Å²) >= 11 is 0. The molecule has 0 aromatic heterocycles. The second-order valence-corrected chi connectivity index (χ2v) is 6.86. The molecule has 1 amide bonds. The molecule has 0 aliphatic heterocycles. The molecule has 158 valence electrons. The molecular formula is C23H33IN4O. The number of carbonyl (C=O) groups excluding carboxylic acids is 1. The zero-order chi connectivity index (χ0) is 20.5. The van der Waals surface area contributed by atoms with Gasteiger partial charge in [0, 0.05) is 45.8 Å². The van der Waals surface area contributed by atoms with Crippen molar-refractivity contribution < 1.29 is 4.79 Å². The number of nitrogens with zero attached hydrogens (tertiary/aromatic N) is 3.